The molecule has 4 nitrogen and oxygen atoms in total. The molecule has 1 saturated carbocycles. The van der Waals surface area contributed by atoms with Crippen LogP contribution in [0.15, 0.2) is 0 Å². The molecule has 100 valence electrons. The maximum Gasteiger partial charge on any atom is 0.234 e. The van der Waals surface area contributed by atoms with Crippen LogP contribution >= 0.6 is 0 Å². The SMILES string of the molecule is CNC(CCN(C)CC1CCCCC1)C(N)=O. The molecule has 1 fully saturated rings. The molecule has 1 atom stereocenters. The lowest BCUT2D eigenvalue weighted by molar-refractivity contribution is -0.120. The molecule has 4 heteroatoms. The highest BCUT2D eigenvalue weighted by atomic mass is 16.1. The summed E-state index contributed by atoms with van der Waals surface area (Å²) in [7, 11) is 3.93. The molecule has 0 spiro atoms. The zero-order valence-electron chi connectivity index (χ0n) is 11.2. The monoisotopic (exact) mass is 241 g/mol. The summed E-state index contributed by atoms with van der Waals surface area (Å²) in [6.45, 7) is 2.10. The van der Waals surface area contributed by atoms with Gasteiger partial charge in [-0.05, 0) is 45.8 Å². The van der Waals surface area contributed by atoms with Crippen LogP contribution in [0.2, 0.25) is 0 Å². The lowest BCUT2D eigenvalue weighted by Crippen LogP contribution is -2.41. The predicted molar refractivity (Wildman–Crippen MR) is 70.7 cm³/mol. The van der Waals surface area contributed by atoms with E-state index in [9.17, 15) is 4.79 Å². The number of nitrogens with two attached hydrogens (primary N) is 1. The second-order valence-electron chi connectivity index (χ2n) is 5.30. The molecule has 1 rings (SSSR count). The molecule has 0 aromatic rings. The van der Waals surface area contributed by atoms with Crippen LogP contribution in [0.5, 0.6) is 0 Å². The van der Waals surface area contributed by atoms with Gasteiger partial charge in [-0.2, -0.15) is 0 Å². The average Bonchev–Trinajstić information content (AvgIpc) is 2.30. The molecule has 3 N–H and O–H groups in total. The van der Waals surface area contributed by atoms with Crippen molar-refractivity contribution < 1.29 is 4.79 Å². The summed E-state index contributed by atoms with van der Waals surface area (Å²) < 4.78 is 0. The Labute approximate surface area is 105 Å². The van der Waals surface area contributed by atoms with Gasteiger partial charge < -0.3 is 16.0 Å². The number of hydrogen-bond acceptors (Lipinski definition) is 3. The highest BCUT2D eigenvalue weighted by Gasteiger charge is 2.17. The number of nitrogens with zero attached hydrogens (tertiary/aromatic N) is 1. The topological polar surface area (TPSA) is 58.4 Å². The molecule has 0 bridgehead atoms. The minimum Gasteiger partial charge on any atom is -0.368 e. The summed E-state index contributed by atoms with van der Waals surface area (Å²) >= 11 is 0. The average molecular weight is 241 g/mol. The van der Waals surface area contributed by atoms with Gasteiger partial charge >= 0.3 is 0 Å². The van der Waals surface area contributed by atoms with Gasteiger partial charge in [0.15, 0.2) is 0 Å². The molecule has 1 aliphatic rings. The van der Waals surface area contributed by atoms with Gasteiger partial charge in [0.1, 0.15) is 0 Å². The Morgan fingerprint density at radius 1 is 1.41 bits per heavy atom. The number of nitrogens with one attached hydrogen (secondary N) is 1. The number of primary amides is 1. The molecule has 1 aliphatic carbocycles. The third-order valence-corrected chi connectivity index (χ3v) is 3.79. The Balaban J connectivity index is 2.19. The maximum atomic E-state index is 11.1. The van der Waals surface area contributed by atoms with E-state index >= 15 is 0 Å². The van der Waals surface area contributed by atoms with E-state index in [2.05, 4.69) is 17.3 Å². The fourth-order valence-electron chi connectivity index (χ4n) is 2.68. The first-order valence-corrected chi connectivity index (χ1v) is 6.78. The number of likely N-dealkylation sites (N-methyl/N-ethyl adjacent to an activating group) is 1. The number of carbonyl (C=O) groups is 1. The molecular formula is C13H27N3O. The van der Waals surface area contributed by atoms with Crippen molar-refractivity contribution in [1.29, 1.82) is 0 Å². The van der Waals surface area contributed by atoms with E-state index in [-0.39, 0.29) is 11.9 Å². The summed E-state index contributed by atoms with van der Waals surface area (Å²) in [4.78, 5) is 13.4. The Hall–Kier alpha value is -0.610. The number of hydrogen-bond donors (Lipinski definition) is 2. The summed E-state index contributed by atoms with van der Waals surface area (Å²) in [6.07, 6.45) is 7.72. The number of rotatable bonds is 7. The molecule has 17 heavy (non-hydrogen) atoms. The van der Waals surface area contributed by atoms with Crippen LogP contribution in [0.4, 0.5) is 0 Å². The third kappa shape index (κ3) is 5.50. The summed E-state index contributed by atoms with van der Waals surface area (Å²) in [6, 6.07) is -0.191. The van der Waals surface area contributed by atoms with Crippen molar-refractivity contribution in [3.8, 4) is 0 Å². The van der Waals surface area contributed by atoms with Gasteiger partial charge in [0, 0.05) is 6.54 Å². The molecule has 0 aliphatic heterocycles. The van der Waals surface area contributed by atoms with Crippen LogP contribution < -0.4 is 11.1 Å². The maximum absolute atomic E-state index is 11.1. The number of carbonyl (C=O) groups excluding carboxylic acids is 1. The van der Waals surface area contributed by atoms with Crippen LogP contribution in [0.1, 0.15) is 38.5 Å². The fraction of sp³-hybridized carbons (Fsp3) is 0.923. The van der Waals surface area contributed by atoms with Crippen molar-refractivity contribution in [2.75, 3.05) is 27.2 Å². The van der Waals surface area contributed by atoms with E-state index in [0.29, 0.717) is 0 Å². The fourth-order valence-corrected chi connectivity index (χ4v) is 2.68. The molecule has 0 aromatic carbocycles. The van der Waals surface area contributed by atoms with Gasteiger partial charge in [-0.15, -0.1) is 0 Å². The van der Waals surface area contributed by atoms with Crippen LogP contribution in [0, 0.1) is 5.92 Å². The smallest absolute Gasteiger partial charge is 0.234 e. The van der Waals surface area contributed by atoms with Gasteiger partial charge in [-0.25, -0.2) is 0 Å². The van der Waals surface area contributed by atoms with Crippen molar-refractivity contribution in [3.63, 3.8) is 0 Å². The van der Waals surface area contributed by atoms with Crippen LogP contribution in [0.3, 0.4) is 0 Å². The quantitative estimate of drug-likeness (QED) is 0.698. The Morgan fingerprint density at radius 2 is 2.06 bits per heavy atom. The highest BCUT2D eigenvalue weighted by Crippen LogP contribution is 2.24. The van der Waals surface area contributed by atoms with Gasteiger partial charge in [0.25, 0.3) is 0 Å². The molecule has 0 heterocycles. The van der Waals surface area contributed by atoms with E-state index in [1.54, 1.807) is 7.05 Å². The van der Waals surface area contributed by atoms with Gasteiger partial charge in [-0.1, -0.05) is 19.3 Å². The van der Waals surface area contributed by atoms with Crippen LogP contribution in [0.25, 0.3) is 0 Å². The molecule has 0 aromatic heterocycles. The van der Waals surface area contributed by atoms with Crippen LogP contribution in [-0.4, -0.2) is 44.0 Å². The van der Waals surface area contributed by atoms with E-state index in [0.717, 1.165) is 25.4 Å². The van der Waals surface area contributed by atoms with Gasteiger partial charge in [0.05, 0.1) is 6.04 Å². The third-order valence-electron chi connectivity index (χ3n) is 3.79. The van der Waals surface area contributed by atoms with E-state index in [4.69, 9.17) is 5.73 Å². The molecular weight excluding hydrogens is 214 g/mol. The van der Waals surface area contributed by atoms with Crippen LogP contribution in [-0.2, 0) is 4.79 Å². The zero-order valence-corrected chi connectivity index (χ0v) is 11.2. The first kappa shape index (κ1) is 14.5. The van der Waals surface area contributed by atoms with Crippen molar-refractivity contribution in [2.24, 2.45) is 11.7 Å². The van der Waals surface area contributed by atoms with Crippen molar-refractivity contribution >= 4 is 5.91 Å². The lowest BCUT2D eigenvalue weighted by Gasteiger charge is -2.27. The number of amides is 1. The highest BCUT2D eigenvalue weighted by molar-refractivity contribution is 5.79. The molecule has 1 amide bonds. The standard InChI is InChI=1S/C13H27N3O/c1-15-12(13(14)17)8-9-16(2)10-11-6-4-3-5-7-11/h11-12,15H,3-10H2,1-2H3,(H2,14,17). The second kappa shape index (κ2) is 7.67. The van der Waals surface area contributed by atoms with E-state index in [1.165, 1.54) is 32.1 Å². The zero-order chi connectivity index (χ0) is 12.7. The first-order chi connectivity index (χ1) is 8.13. The minimum atomic E-state index is -0.251. The van der Waals surface area contributed by atoms with E-state index in [1.807, 2.05) is 0 Å². The lowest BCUT2D eigenvalue weighted by atomic mass is 9.89. The Kier molecular flexibility index (Phi) is 6.52. The Bertz CT molecular complexity index is 227. The summed E-state index contributed by atoms with van der Waals surface area (Å²) in [5, 5.41) is 2.96. The summed E-state index contributed by atoms with van der Waals surface area (Å²) in [5.74, 6) is 0.605. The van der Waals surface area contributed by atoms with Crippen molar-refractivity contribution in [2.45, 2.75) is 44.6 Å². The first-order valence-electron chi connectivity index (χ1n) is 6.78. The normalized spacial score (nSPS) is 19.5. The van der Waals surface area contributed by atoms with Gasteiger partial charge in [0.2, 0.25) is 5.91 Å². The summed E-state index contributed by atoms with van der Waals surface area (Å²) in [5.41, 5.74) is 5.30. The Morgan fingerprint density at radius 3 is 2.59 bits per heavy atom. The molecule has 0 radical (unpaired) electrons. The minimum absolute atomic E-state index is 0.191. The largest absolute Gasteiger partial charge is 0.368 e. The predicted octanol–water partition coefficient (Wildman–Crippen LogP) is 0.962. The molecule has 0 saturated heterocycles. The van der Waals surface area contributed by atoms with Crippen molar-refractivity contribution in [1.82, 2.24) is 10.2 Å². The second-order valence-corrected chi connectivity index (χ2v) is 5.30. The molecule has 1 unspecified atom stereocenters. The van der Waals surface area contributed by atoms with E-state index < -0.39 is 0 Å². The van der Waals surface area contributed by atoms with Gasteiger partial charge in [-0.3, -0.25) is 4.79 Å². The van der Waals surface area contributed by atoms with Crippen molar-refractivity contribution in [3.05, 3.63) is 0 Å².